The van der Waals surface area contributed by atoms with Crippen molar-refractivity contribution in [2.24, 2.45) is 0 Å². The van der Waals surface area contributed by atoms with Gasteiger partial charge < -0.3 is 9.80 Å². The normalized spacial score (nSPS) is 16.4. The summed E-state index contributed by atoms with van der Waals surface area (Å²) in [7, 11) is 0. The van der Waals surface area contributed by atoms with Gasteiger partial charge in [-0.25, -0.2) is 0 Å². The lowest BCUT2D eigenvalue weighted by molar-refractivity contribution is 0.332. The fraction of sp³-hybridized carbons (Fsp3) is 0.309. The van der Waals surface area contributed by atoms with Crippen LogP contribution in [0.3, 0.4) is 0 Å². The molecule has 0 saturated heterocycles. The van der Waals surface area contributed by atoms with Gasteiger partial charge in [-0.1, -0.05) is 136 Å². The molecule has 2 aliphatic heterocycles. The molecule has 296 valence electrons. The van der Waals surface area contributed by atoms with Crippen LogP contribution in [-0.2, 0) is 21.7 Å². The van der Waals surface area contributed by atoms with Gasteiger partial charge in [0, 0.05) is 43.3 Å². The molecule has 7 aromatic rings. The molecule has 0 amide bonds. The Morgan fingerprint density at radius 3 is 1.83 bits per heavy atom. The smallest absolute Gasteiger partial charge is 0.264 e. The van der Waals surface area contributed by atoms with E-state index in [2.05, 4.69) is 207 Å². The number of anilines is 6. The Morgan fingerprint density at radius 2 is 1.17 bits per heavy atom. The average molecular weight is 789 g/mol. The Kier molecular flexibility index (Phi) is 8.39. The number of benzene rings is 6. The zero-order valence-corrected chi connectivity index (χ0v) is 37.7. The van der Waals surface area contributed by atoms with E-state index in [4.69, 9.17) is 0 Å². The highest BCUT2D eigenvalue weighted by Gasteiger charge is 2.47. The predicted molar refractivity (Wildman–Crippen MR) is 259 cm³/mol. The van der Waals surface area contributed by atoms with E-state index >= 15 is 0 Å². The van der Waals surface area contributed by atoms with Crippen molar-refractivity contribution in [3.05, 3.63) is 149 Å². The van der Waals surface area contributed by atoms with Crippen LogP contribution >= 0.6 is 11.3 Å². The molecule has 0 saturated carbocycles. The summed E-state index contributed by atoms with van der Waals surface area (Å²) in [6, 6.07) is 46.9. The molecule has 0 spiro atoms. The Bertz CT molecular complexity index is 2810. The standard InChI is InChI=1S/C55H57BN2S/c1-34-28-46-49-47(29-34)58(39-23-20-37(21-24-39)52(2,3)4)50-41-32-42-43(55(10,11)27-26-54(42,8)9)33-48(41)59-51(50)56(49)44-31-38(53(5,6)7)22-25-45(44)57(46)40-19-15-18-36(30-40)35-16-13-12-14-17-35/h12-25,28-33H,26-27H2,1-11H3. The second-order valence-electron chi connectivity index (χ2n) is 21.0. The third-order valence-electron chi connectivity index (χ3n) is 13.8. The molecule has 3 aliphatic rings. The molecule has 59 heavy (non-hydrogen) atoms. The largest absolute Gasteiger partial charge is 0.311 e. The molecule has 0 fully saturated rings. The number of hydrogen-bond donors (Lipinski definition) is 0. The molecule has 1 aliphatic carbocycles. The minimum atomic E-state index is -0.00180. The molecule has 3 heterocycles. The zero-order valence-electron chi connectivity index (χ0n) is 36.8. The molecule has 0 N–H and O–H groups in total. The fourth-order valence-corrected chi connectivity index (χ4v) is 11.6. The van der Waals surface area contributed by atoms with Gasteiger partial charge in [-0.05, 0) is 146 Å². The summed E-state index contributed by atoms with van der Waals surface area (Å²) in [5.41, 5.74) is 20.1. The van der Waals surface area contributed by atoms with Crippen LogP contribution in [0.2, 0.25) is 0 Å². The summed E-state index contributed by atoms with van der Waals surface area (Å²) in [5.74, 6) is 0. The predicted octanol–water partition coefficient (Wildman–Crippen LogP) is 13.9. The molecule has 0 bridgehead atoms. The summed E-state index contributed by atoms with van der Waals surface area (Å²) in [4.78, 5) is 5.22. The van der Waals surface area contributed by atoms with Crippen molar-refractivity contribution in [3.8, 4) is 11.1 Å². The number of nitrogens with zero attached hydrogens (tertiary/aromatic N) is 2. The first-order valence-corrected chi connectivity index (χ1v) is 22.5. The van der Waals surface area contributed by atoms with E-state index in [1.54, 1.807) is 0 Å². The molecular formula is C55H57BN2S. The van der Waals surface area contributed by atoms with Crippen molar-refractivity contribution < 1.29 is 0 Å². The Labute approximate surface area is 357 Å². The highest BCUT2D eigenvalue weighted by Crippen LogP contribution is 2.53. The van der Waals surface area contributed by atoms with Crippen LogP contribution in [0.4, 0.5) is 34.1 Å². The van der Waals surface area contributed by atoms with Crippen molar-refractivity contribution in [2.45, 2.75) is 111 Å². The summed E-state index contributed by atoms with van der Waals surface area (Å²) in [6.45, 7) is 26.2. The SMILES string of the molecule is Cc1cc2c3c(c1)N(c1ccc(C(C)(C)C)cc1)c1c(sc4cc5c(cc14)C(C)(C)CCC5(C)C)B3c1cc(C(C)(C)C)ccc1N2c1cccc(-c2ccccc2)c1. The summed E-state index contributed by atoms with van der Waals surface area (Å²) < 4.78 is 2.84. The minimum absolute atomic E-state index is 0.00180. The van der Waals surface area contributed by atoms with E-state index in [0.29, 0.717) is 0 Å². The van der Waals surface area contributed by atoms with Gasteiger partial charge in [0.25, 0.3) is 6.71 Å². The molecule has 4 heteroatoms. The van der Waals surface area contributed by atoms with Crippen LogP contribution in [0.25, 0.3) is 21.2 Å². The van der Waals surface area contributed by atoms with Gasteiger partial charge in [0.15, 0.2) is 0 Å². The number of thiophene rings is 1. The first-order valence-electron chi connectivity index (χ1n) is 21.7. The van der Waals surface area contributed by atoms with Gasteiger partial charge in [0.2, 0.25) is 0 Å². The third-order valence-corrected chi connectivity index (χ3v) is 15.1. The van der Waals surface area contributed by atoms with E-state index in [1.165, 1.54) is 112 Å². The van der Waals surface area contributed by atoms with E-state index in [9.17, 15) is 0 Å². The average Bonchev–Trinajstić information content (AvgIpc) is 3.57. The van der Waals surface area contributed by atoms with Gasteiger partial charge in [-0.15, -0.1) is 11.3 Å². The maximum absolute atomic E-state index is 2.65. The number of fused-ring (bicyclic) bond motifs is 7. The molecule has 0 radical (unpaired) electrons. The van der Waals surface area contributed by atoms with Gasteiger partial charge in [0.05, 0.1) is 5.69 Å². The Hall–Kier alpha value is -5.06. The number of hydrogen-bond acceptors (Lipinski definition) is 3. The second-order valence-corrected chi connectivity index (χ2v) is 22.1. The van der Waals surface area contributed by atoms with Crippen LogP contribution in [0, 0.1) is 6.92 Å². The Balaban J connectivity index is 1.31. The van der Waals surface area contributed by atoms with Crippen molar-refractivity contribution >= 4 is 78.0 Å². The monoisotopic (exact) mass is 788 g/mol. The maximum Gasteiger partial charge on any atom is 0.264 e. The van der Waals surface area contributed by atoms with Crippen LogP contribution in [0.5, 0.6) is 0 Å². The molecular weight excluding hydrogens is 731 g/mol. The molecule has 1 aromatic heterocycles. The van der Waals surface area contributed by atoms with Crippen molar-refractivity contribution in [3.63, 3.8) is 0 Å². The number of aryl methyl sites for hydroxylation is 1. The molecule has 6 aromatic carbocycles. The minimum Gasteiger partial charge on any atom is -0.311 e. The summed E-state index contributed by atoms with van der Waals surface area (Å²) >= 11 is 2.04. The van der Waals surface area contributed by atoms with Crippen LogP contribution < -0.4 is 25.5 Å². The lowest BCUT2D eigenvalue weighted by Gasteiger charge is -2.44. The lowest BCUT2D eigenvalue weighted by atomic mass is 9.36. The zero-order chi connectivity index (χ0) is 41.4. The third kappa shape index (κ3) is 6.03. The quantitative estimate of drug-likeness (QED) is 0.165. The van der Waals surface area contributed by atoms with Crippen molar-refractivity contribution in [1.29, 1.82) is 0 Å². The lowest BCUT2D eigenvalue weighted by Crippen LogP contribution is -2.60. The van der Waals surface area contributed by atoms with Crippen molar-refractivity contribution in [1.82, 2.24) is 0 Å². The topological polar surface area (TPSA) is 6.48 Å². The van der Waals surface area contributed by atoms with Crippen LogP contribution in [-0.4, -0.2) is 6.71 Å². The van der Waals surface area contributed by atoms with E-state index in [1.807, 2.05) is 11.3 Å². The van der Waals surface area contributed by atoms with Gasteiger partial charge in [-0.3, -0.25) is 0 Å². The second kappa shape index (κ2) is 13.0. The Morgan fingerprint density at radius 1 is 0.559 bits per heavy atom. The first kappa shape index (κ1) is 38.2. The van der Waals surface area contributed by atoms with Gasteiger partial charge >= 0.3 is 0 Å². The number of rotatable bonds is 3. The van der Waals surface area contributed by atoms with E-state index < -0.39 is 0 Å². The maximum atomic E-state index is 2.65. The molecule has 0 unspecified atom stereocenters. The molecule has 2 nitrogen and oxygen atoms in total. The van der Waals surface area contributed by atoms with E-state index in [-0.39, 0.29) is 28.4 Å². The van der Waals surface area contributed by atoms with Crippen molar-refractivity contribution in [2.75, 3.05) is 9.80 Å². The highest BCUT2D eigenvalue weighted by atomic mass is 32.1. The molecule has 0 atom stereocenters. The fourth-order valence-electron chi connectivity index (χ4n) is 10.3. The highest BCUT2D eigenvalue weighted by molar-refractivity contribution is 7.33. The van der Waals surface area contributed by atoms with Crippen LogP contribution in [0.15, 0.2) is 121 Å². The van der Waals surface area contributed by atoms with Gasteiger partial charge in [-0.2, -0.15) is 0 Å². The summed E-state index contributed by atoms with van der Waals surface area (Å²) in [5, 5.41) is 1.38. The van der Waals surface area contributed by atoms with E-state index in [0.717, 1.165) is 0 Å². The first-order chi connectivity index (χ1) is 27.9. The molecule has 10 rings (SSSR count). The summed E-state index contributed by atoms with van der Waals surface area (Å²) in [6.07, 6.45) is 2.40. The van der Waals surface area contributed by atoms with Crippen LogP contribution in [0.1, 0.15) is 110 Å². The van der Waals surface area contributed by atoms with Gasteiger partial charge in [0.1, 0.15) is 0 Å².